The van der Waals surface area contributed by atoms with Gasteiger partial charge in [-0.1, -0.05) is 34.8 Å². The molecule has 0 radical (unpaired) electrons. The molecular weight excluding hydrogens is 382 g/mol. The average molecular weight is 399 g/mol. The lowest BCUT2D eigenvalue weighted by molar-refractivity contribution is -0.394. The number of amides is 1. The molecule has 0 bridgehead atoms. The van der Waals surface area contributed by atoms with Crippen LogP contribution in [-0.4, -0.2) is 31.4 Å². The van der Waals surface area contributed by atoms with Crippen LogP contribution in [0.5, 0.6) is 0 Å². The van der Waals surface area contributed by atoms with Gasteiger partial charge in [0, 0.05) is 15.5 Å². The van der Waals surface area contributed by atoms with E-state index in [1.165, 1.54) is 11.3 Å². The molecule has 28 heavy (non-hydrogen) atoms. The summed E-state index contributed by atoms with van der Waals surface area (Å²) in [5.74, 6) is -1.21. The average Bonchev–Trinajstić information content (AvgIpc) is 3.20. The standard InChI is InChI=1S/C18H17N5O4S/c1-10-4-6-13(7-5-10)16(25)15-11(2)12(3)28-17(15)20-14(24)8-22-9-19-18(21-22)23(26)27/h4-7,9H,8H2,1-3H3,(H,20,24). The van der Waals surface area contributed by atoms with Gasteiger partial charge in [0.2, 0.25) is 12.2 Å². The molecule has 3 rings (SSSR count). The van der Waals surface area contributed by atoms with Gasteiger partial charge < -0.3 is 15.4 Å². The zero-order chi connectivity index (χ0) is 20.4. The van der Waals surface area contributed by atoms with E-state index in [0.717, 1.165) is 27.0 Å². The molecule has 0 aliphatic rings. The van der Waals surface area contributed by atoms with E-state index in [1.807, 2.05) is 32.9 Å². The number of anilines is 1. The zero-order valence-corrected chi connectivity index (χ0v) is 16.2. The Labute approximate surface area is 164 Å². The summed E-state index contributed by atoms with van der Waals surface area (Å²) in [6.45, 7) is 5.40. The second kappa shape index (κ2) is 7.69. The smallest absolute Gasteiger partial charge is 0.390 e. The van der Waals surface area contributed by atoms with Crippen molar-refractivity contribution in [3.05, 3.63) is 67.8 Å². The fourth-order valence-corrected chi connectivity index (χ4v) is 3.67. The molecule has 0 atom stereocenters. The first-order valence-corrected chi connectivity index (χ1v) is 9.13. The van der Waals surface area contributed by atoms with E-state index in [4.69, 9.17) is 0 Å². The molecule has 9 nitrogen and oxygen atoms in total. The molecule has 1 amide bonds. The number of aryl methyl sites for hydroxylation is 2. The molecule has 0 saturated carbocycles. The van der Waals surface area contributed by atoms with Crippen LogP contribution in [0.15, 0.2) is 30.6 Å². The number of aromatic nitrogens is 3. The zero-order valence-electron chi connectivity index (χ0n) is 15.4. The first-order valence-electron chi connectivity index (χ1n) is 8.31. The van der Waals surface area contributed by atoms with E-state index in [0.29, 0.717) is 16.1 Å². The molecule has 144 valence electrons. The predicted octanol–water partition coefficient (Wildman–Crippen LogP) is 3.04. The summed E-state index contributed by atoms with van der Waals surface area (Å²) < 4.78 is 1.07. The molecule has 10 heteroatoms. The Hall–Kier alpha value is -3.40. The lowest BCUT2D eigenvalue weighted by atomic mass is 10.0. The summed E-state index contributed by atoms with van der Waals surface area (Å²) in [5.41, 5.74) is 2.84. The van der Waals surface area contributed by atoms with E-state index in [-0.39, 0.29) is 12.3 Å². The maximum absolute atomic E-state index is 13.0. The highest BCUT2D eigenvalue weighted by Crippen LogP contribution is 2.34. The molecular formula is C18H17N5O4S. The van der Waals surface area contributed by atoms with Crippen LogP contribution in [0.1, 0.15) is 31.9 Å². The van der Waals surface area contributed by atoms with Gasteiger partial charge in [-0.2, -0.15) is 4.68 Å². The van der Waals surface area contributed by atoms with Crippen LogP contribution in [0.25, 0.3) is 0 Å². The van der Waals surface area contributed by atoms with Gasteiger partial charge in [-0.3, -0.25) is 9.59 Å². The van der Waals surface area contributed by atoms with Gasteiger partial charge in [0.05, 0.1) is 5.56 Å². The third kappa shape index (κ3) is 3.96. The summed E-state index contributed by atoms with van der Waals surface area (Å²) in [6.07, 6.45) is 1.11. The Morgan fingerprint density at radius 3 is 2.50 bits per heavy atom. The van der Waals surface area contributed by atoms with Crippen molar-refractivity contribution in [3.63, 3.8) is 0 Å². The van der Waals surface area contributed by atoms with Gasteiger partial charge in [-0.05, 0) is 31.3 Å². The van der Waals surface area contributed by atoms with Crippen LogP contribution in [0.3, 0.4) is 0 Å². The van der Waals surface area contributed by atoms with Crippen LogP contribution >= 0.6 is 11.3 Å². The molecule has 0 unspecified atom stereocenters. The fourth-order valence-electron chi connectivity index (χ4n) is 2.60. The highest BCUT2D eigenvalue weighted by molar-refractivity contribution is 7.16. The lowest BCUT2D eigenvalue weighted by Crippen LogP contribution is -2.20. The molecule has 0 aliphatic heterocycles. The highest BCUT2D eigenvalue weighted by atomic mass is 32.1. The monoisotopic (exact) mass is 399 g/mol. The van der Waals surface area contributed by atoms with Crippen molar-refractivity contribution >= 4 is 34.0 Å². The van der Waals surface area contributed by atoms with E-state index in [2.05, 4.69) is 15.4 Å². The molecule has 0 spiro atoms. The summed E-state index contributed by atoms with van der Waals surface area (Å²) >= 11 is 1.31. The number of ketones is 1. The fraction of sp³-hybridized carbons (Fsp3) is 0.222. The van der Waals surface area contributed by atoms with Crippen molar-refractivity contribution in [2.24, 2.45) is 0 Å². The number of hydrogen-bond donors (Lipinski definition) is 1. The SMILES string of the molecule is Cc1ccc(C(=O)c2c(NC(=O)Cn3cnc([N+](=O)[O-])n3)sc(C)c2C)cc1. The first kappa shape index (κ1) is 19.4. The molecule has 0 aliphatic carbocycles. The number of benzene rings is 1. The predicted molar refractivity (Wildman–Crippen MR) is 104 cm³/mol. The lowest BCUT2D eigenvalue weighted by Gasteiger charge is -2.07. The minimum absolute atomic E-state index is 0.173. The summed E-state index contributed by atoms with van der Waals surface area (Å²) in [4.78, 5) is 39.7. The Morgan fingerprint density at radius 1 is 1.21 bits per heavy atom. The minimum Gasteiger partial charge on any atom is -0.390 e. The van der Waals surface area contributed by atoms with Gasteiger partial charge in [0.25, 0.3) is 0 Å². The van der Waals surface area contributed by atoms with Crippen LogP contribution in [0.2, 0.25) is 0 Å². The number of nitrogens with zero attached hydrogens (tertiary/aromatic N) is 4. The van der Waals surface area contributed by atoms with Crippen molar-refractivity contribution in [1.29, 1.82) is 0 Å². The van der Waals surface area contributed by atoms with E-state index in [1.54, 1.807) is 12.1 Å². The van der Waals surface area contributed by atoms with Crippen LogP contribution in [-0.2, 0) is 11.3 Å². The number of thiophene rings is 1. The van der Waals surface area contributed by atoms with Crippen LogP contribution in [0, 0.1) is 30.9 Å². The number of carbonyl (C=O) groups is 2. The summed E-state index contributed by atoms with van der Waals surface area (Å²) in [5, 5.41) is 17.4. The second-order valence-electron chi connectivity index (χ2n) is 6.23. The normalized spacial score (nSPS) is 10.7. The topological polar surface area (TPSA) is 120 Å². The molecule has 2 heterocycles. The van der Waals surface area contributed by atoms with Crippen molar-refractivity contribution in [1.82, 2.24) is 14.8 Å². The third-order valence-corrected chi connectivity index (χ3v) is 5.30. The maximum atomic E-state index is 13.0. The van der Waals surface area contributed by atoms with Crippen molar-refractivity contribution in [2.45, 2.75) is 27.3 Å². The van der Waals surface area contributed by atoms with Crippen molar-refractivity contribution < 1.29 is 14.5 Å². The van der Waals surface area contributed by atoms with Crippen LogP contribution < -0.4 is 5.32 Å². The van der Waals surface area contributed by atoms with Gasteiger partial charge in [-0.25, -0.2) is 0 Å². The van der Waals surface area contributed by atoms with E-state index in [9.17, 15) is 19.7 Å². The summed E-state index contributed by atoms with van der Waals surface area (Å²) in [7, 11) is 0. The number of nitrogens with one attached hydrogen (secondary N) is 1. The largest absolute Gasteiger partial charge is 0.490 e. The molecule has 0 fully saturated rings. The van der Waals surface area contributed by atoms with Gasteiger partial charge in [0.1, 0.15) is 11.5 Å². The highest BCUT2D eigenvalue weighted by Gasteiger charge is 2.23. The summed E-state index contributed by atoms with van der Waals surface area (Å²) in [6, 6.07) is 7.23. The Balaban J connectivity index is 1.83. The Bertz CT molecular complexity index is 1070. The van der Waals surface area contributed by atoms with Gasteiger partial charge in [0.15, 0.2) is 5.78 Å². The third-order valence-electron chi connectivity index (χ3n) is 4.17. The number of hydrogen-bond acceptors (Lipinski definition) is 7. The van der Waals surface area contributed by atoms with E-state index < -0.39 is 16.8 Å². The number of rotatable bonds is 6. The quantitative estimate of drug-likeness (QED) is 0.386. The minimum atomic E-state index is -0.737. The Kier molecular flexibility index (Phi) is 5.32. The second-order valence-corrected chi connectivity index (χ2v) is 7.45. The number of nitro groups is 1. The number of carbonyl (C=O) groups excluding carboxylic acids is 2. The van der Waals surface area contributed by atoms with Crippen molar-refractivity contribution in [2.75, 3.05) is 5.32 Å². The van der Waals surface area contributed by atoms with Crippen molar-refractivity contribution in [3.8, 4) is 0 Å². The van der Waals surface area contributed by atoms with E-state index >= 15 is 0 Å². The Morgan fingerprint density at radius 2 is 1.89 bits per heavy atom. The molecule has 0 saturated heterocycles. The molecule has 3 aromatic rings. The van der Waals surface area contributed by atoms with Gasteiger partial charge >= 0.3 is 5.95 Å². The maximum Gasteiger partial charge on any atom is 0.490 e. The molecule has 2 aromatic heterocycles. The first-order chi connectivity index (χ1) is 13.3. The molecule has 1 N–H and O–H groups in total. The van der Waals surface area contributed by atoms with Gasteiger partial charge in [-0.15, -0.1) is 11.3 Å². The van der Waals surface area contributed by atoms with Crippen LogP contribution in [0.4, 0.5) is 10.9 Å². The molecule has 1 aromatic carbocycles.